The number of rotatable bonds is 8. The van der Waals surface area contributed by atoms with Gasteiger partial charge in [-0.05, 0) is 30.4 Å². The minimum absolute atomic E-state index is 0.000332. The molecule has 0 aliphatic carbocycles. The molecular weight excluding hydrogens is 308 g/mol. The van der Waals surface area contributed by atoms with Crippen molar-refractivity contribution in [1.82, 2.24) is 4.72 Å². The maximum absolute atomic E-state index is 12.0. The second-order valence-corrected chi connectivity index (χ2v) is 7.17. The van der Waals surface area contributed by atoms with Crippen molar-refractivity contribution in [3.63, 3.8) is 0 Å². The third-order valence-corrected chi connectivity index (χ3v) is 5.07. The van der Waals surface area contributed by atoms with E-state index in [0.717, 1.165) is 5.75 Å². The summed E-state index contributed by atoms with van der Waals surface area (Å²) in [5, 5.41) is 8.93. The molecule has 0 saturated carbocycles. The van der Waals surface area contributed by atoms with Crippen LogP contribution in [0, 0.1) is 0 Å². The zero-order chi connectivity index (χ0) is 14.3. The van der Waals surface area contributed by atoms with Crippen molar-refractivity contribution in [2.24, 2.45) is 0 Å². The Morgan fingerprint density at radius 2 is 2.11 bits per heavy atom. The fourth-order valence-corrected chi connectivity index (χ4v) is 3.67. The number of anilines is 1. The van der Waals surface area contributed by atoms with Crippen molar-refractivity contribution in [3.05, 3.63) is 23.2 Å². The molecule has 19 heavy (non-hydrogen) atoms. The third-order valence-electron chi connectivity index (χ3n) is 2.25. The predicted octanol–water partition coefficient (Wildman–Crippen LogP) is 1.32. The van der Waals surface area contributed by atoms with E-state index in [2.05, 4.69) is 4.72 Å². The molecule has 0 atom stereocenters. The minimum atomic E-state index is -3.63. The topological polar surface area (TPSA) is 92.4 Å². The predicted molar refractivity (Wildman–Crippen MR) is 80.1 cm³/mol. The number of hydrogen-bond donors (Lipinski definition) is 3. The molecule has 8 heteroatoms. The standard InChI is InChI=1S/C11H17ClN2O3S2/c12-9-2-3-10(13)11(8-9)19(16,17)14-4-7-18-6-1-5-15/h2-3,8,14-15H,1,4-7,13H2. The van der Waals surface area contributed by atoms with E-state index < -0.39 is 10.0 Å². The molecule has 0 unspecified atom stereocenters. The average molecular weight is 325 g/mol. The highest BCUT2D eigenvalue weighted by molar-refractivity contribution is 7.99. The molecule has 0 heterocycles. The van der Waals surface area contributed by atoms with Gasteiger partial charge in [0.25, 0.3) is 0 Å². The summed E-state index contributed by atoms with van der Waals surface area (Å²) in [5.74, 6) is 1.44. The lowest BCUT2D eigenvalue weighted by Gasteiger charge is -2.09. The number of hydrogen-bond acceptors (Lipinski definition) is 5. The molecule has 0 aromatic heterocycles. The first-order valence-corrected chi connectivity index (χ1v) is 8.72. The summed E-state index contributed by atoms with van der Waals surface area (Å²) in [4.78, 5) is 0.000332. The molecule has 4 N–H and O–H groups in total. The summed E-state index contributed by atoms with van der Waals surface area (Å²) < 4.78 is 26.5. The van der Waals surface area contributed by atoms with Crippen LogP contribution in [0.15, 0.2) is 23.1 Å². The highest BCUT2D eigenvalue weighted by Gasteiger charge is 2.17. The van der Waals surface area contributed by atoms with Crippen LogP contribution in [0.25, 0.3) is 0 Å². The molecule has 0 spiro atoms. The van der Waals surface area contributed by atoms with Crippen LogP contribution in [0.5, 0.6) is 0 Å². The van der Waals surface area contributed by atoms with Crippen LogP contribution < -0.4 is 10.5 Å². The zero-order valence-electron chi connectivity index (χ0n) is 10.3. The Morgan fingerprint density at radius 1 is 1.37 bits per heavy atom. The Balaban J connectivity index is 2.54. The molecular formula is C11H17ClN2O3S2. The fraction of sp³-hybridized carbons (Fsp3) is 0.455. The van der Waals surface area contributed by atoms with E-state index in [4.69, 9.17) is 22.4 Å². The molecule has 0 saturated heterocycles. The van der Waals surface area contributed by atoms with Crippen molar-refractivity contribution in [2.75, 3.05) is 30.4 Å². The smallest absolute Gasteiger partial charge is 0.242 e. The number of aliphatic hydroxyl groups excluding tert-OH is 1. The summed E-state index contributed by atoms with van der Waals surface area (Å²) >= 11 is 7.34. The number of sulfonamides is 1. The van der Waals surface area contributed by atoms with Crippen LogP contribution in [0.3, 0.4) is 0 Å². The van der Waals surface area contributed by atoms with Crippen LogP contribution >= 0.6 is 23.4 Å². The Hall–Kier alpha value is -0.470. The molecule has 0 amide bonds. The fourth-order valence-electron chi connectivity index (χ4n) is 1.34. The van der Waals surface area contributed by atoms with Crippen molar-refractivity contribution in [2.45, 2.75) is 11.3 Å². The zero-order valence-corrected chi connectivity index (χ0v) is 12.7. The van der Waals surface area contributed by atoms with Crippen molar-refractivity contribution in [1.29, 1.82) is 0 Å². The van der Waals surface area contributed by atoms with Crippen molar-refractivity contribution in [3.8, 4) is 0 Å². The molecule has 0 bridgehead atoms. The van der Waals surface area contributed by atoms with Crippen LogP contribution in [-0.2, 0) is 10.0 Å². The minimum Gasteiger partial charge on any atom is -0.398 e. The SMILES string of the molecule is Nc1ccc(Cl)cc1S(=O)(=O)NCCSCCCO. The van der Waals surface area contributed by atoms with Gasteiger partial charge < -0.3 is 10.8 Å². The van der Waals surface area contributed by atoms with Gasteiger partial charge in [-0.1, -0.05) is 11.6 Å². The molecule has 1 rings (SSSR count). The molecule has 0 aliphatic heterocycles. The maximum Gasteiger partial charge on any atom is 0.242 e. The Labute approximate surface area is 122 Å². The van der Waals surface area contributed by atoms with Gasteiger partial charge in [-0.25, -0.2) is 13.1 Å². The second kappa shape index (κ2) is 7.96. The lowest BCUT2D eigenvalue weighted by atomic mass is 10.3. The van der Waals surface area contributed by atoms with Crippen LogP contribution in [0.2, 0.25) is 5.02 Å². The summed E-state index contributed by atoms with van der Waals surface area (Å²) in [6, 6.07) is 4.34. The molecule has 5 nitrogen and oxygen atoms in total. The van der Waals surface area contributed by atoms with E-state index in [0.29, 0.717) is 23.7 Å². The Morgan fingerprint density at radius 3 is 2.79 bits per heavy atom. The number of aliphatic hydroxyl groups is 1. The molecule has 1 aromatic carbocycles. The van der Waals surface area contributed by atoms with Gasteiger partial charge >= 0.3 is 0 Å². The second-order valence-electron chi connectivity index (χ2n) is 3.77. The quantitative estimate of drug-likeness (QED) is 0.495. The van der Waals surface area contributed by atoms with E-state index in [1.807, 2.05) is 0 Å². The highest BCUT2D eigenvalue weighted by Crippen LogP contribution is 2.22. The van der Waals surface area contributed by atoms with E-state index in [1.54, 1.807) is 17.8 Å². The number of nitrogen functional groups attached to an aromatic ring is 1. The van der Waals surface area contributed by atoms with Crippen molar-refractivity contribution < 1.29 is 13.5 Å². The molecule has 0 aliphatic rings. The summed E-state index contributed by atoms with van der Waals surface area (Å²) in [5.41, 5.74) is 5.81. The first-order chi connectivity index (χ1) is 8.97. The van der Waals surface area contributed by atoms with Gasteiger partial charge in [0.2, 0.25) is 10.0 Å². The van der Waals surface area contributed by atoms with E-state index in [1.165, 1.54) is 12.1 Å². The van der Waals surface area contributed by atoms with Gasteiger partial charge in [0.15, 0.2) is 0 Å². The first kappa shape index (κ1) is 16.6. The summed E-state index contributed by atoms with van der Waals surface area (Å²) in [6.45, 7) is 0.460. The maximum atomic E-state index is 12.0. The molecule has 1 aromatic rings. The van der Waals surface area contributed by atoms with Crippen LogP contribution in [-0.4, -0.2) is 38.2 Å². The average Bonchev–Trinajstić information content (AvgIpc) is 2.36. The third kappa shape index (κ3) is 5.58. The lowest BCUT2D eigenvalue weighted by Crippen LogP contribution is -2.26. The van der Waals surface area contributed by atoms with E-state index >= 15 is 0 Å². The van der Waals surface area contributed by atoms with Crippen LogP contribution in [0.4, 0.5) is 5.69 Å². The number of nitrogens with two attached hydrogens (primary N) is 1. The summed E-state index contributed by atoms with van der Waals surface area (Å²) in [7, 11) is -3.63. The van der Waals surface area contributed by atoms with Gasteiger partial charge in [-0.3, -0.25) is 0 Å². The normalized spacial score (nSPS) is 11.7. The van der Waals surface area contributed by atoms with Crippen molar-refractivity contribution >= 4 is 39.1 Å². The number of nitrogens with one attached hydrogen (secondary N) is 1. The van der Waals surface area contributed by atoms with Gasteiger partial charge in [0.05, 0.1) is 5.69 Å². The Bertz CT molecular complexity index is 509. The summed E-state index contributed by atoms with van der Waals surface area (Å²) in [6.07, 6.45) is 0.707. The lowest BCUT2D eigenvalue weighted by molar-refractivity contribution is 0.296. The van der Waals surface area contributed by atoms with Crippen LogP contribution in [0.1, 0.15) is 6.42 Å². The molecule has 0 fully saturated rings. The monoisotopic (exact) mass is 324 g/mol. The number of thioether (sulfide) groups is 1. The Kier molecular flexibility index (Phi) is 6.95. The van der Waals surface area contributed by atoms with E-state index in [-0.39, 0.29) is 17.2 Å². The van der Waals surface area contributed by atoms with E-state index in [9.17, 15) is 8.42 Å². The van der Waals surface area contributed by atoms with Gasteiger partial charge in [0.1, 0.15) is 4.90 Å². The molecule has 0 radical (unpaired) electrons. The first-order valence-electron chi connectivity index (χ1n) is 5.70. The molecule has 108 valence electrons. The number of benzene rings is 1. The highest BCUT2D eigenvalue weighted by atomic mass is 35.5. The van der Waals surface area contributed by atoms with Gasteiger partial charge in [-0.15, -0.1) is 0 Å². The largest absolute Gasteiger partial charge is 0.398 e. The van der Waals surface area contributed by atoms with Gasteiger partial charge in [-0.2, -0.15) is 11.8 Å². The van der Waals surface area contributed by atoms with Gasteiger partial charge in [0, 0.05) is 23.9 Å². The number of halogens is 1.